The van der Waals surface area contributed by atoms with Crippen LogP contribution < -0.4 is 14.8 Å². The van der Waals surface area contributed by atoms with Crippen molar-refractivity contribution in [2.75, 3.05) is 12.1 Å². The minimum atomic E-state index is -0.480. The van der Waals surface area contributed by atoms with E-state index in [-0.39, 0.29) is 12.4 Å². The van der Waals surface area contributed by atoms with Crippen molar-refractivity contribution in [2.45, 2.75) is 0 Å². The van der Waals surface area contributed by atoms with Crippen molar-refractivity contribution in [1.29, 1.82) is 5.26 Å². The number of carbonyl (C=O) groups is 1. The normalized spacial score (nSPS) is 12.8. The van der Waals surface area contributed by atoms with Gasteiger partial charge in [-0.15, -0.1) is 0 Å². The lowest BCUT2D eigenvalue weighted by atomic mass is 10.1. The van der Waals surface area contributed by atoms with E-state index < -0.39 is 5.91 Å². The monoisotopic (exact) mass is 331 g/mol. The Kier molecular flexibility index (Phi) is 3.60. The van der Waals surface area contributed by atoms with E-state index in [4.69, 9.17) is 9.47 Å². The average Bonchev–Trinajstić information content (AvgIpc) is 3.26. The molecule has 2 heterocycles. The third-order valence-electron chi connectivity index (χ3n) is 3.92. The second kappa shape index (κ2) is 6.06. The number of rotatable bonds is 3. The van der Waals surface area contributed by atoms with Gasteiger partial charge in [0.2, 0.25) is 6.79 Å². The molecule has 0 saturated carbocycles. The molecule has 0 aliphatic carbocycles. The second-order valence-corrected chi connectivity index (χ2v) is 5.48. The molecular formula is C19H13N3O3. The Balaban J connectivity index is 1.60. The molecule has 1 aliphatic rings. The molecule has 4 rings (SSSR count). The van der Waals surface area contributed by atoms with Crippen molar-refractivity contribution < 1.29 is 14.3 Å². The van der Waals surface area contributed by atoms with Crippen LogP contribution in [-0.4, -0.2) is 17.7 Å². The summed E-state index contributed by atoms with van der Waals surface area (Å²) in [6, 6.07) is 14.7. The number of benzene rings is 2. The summed E-state index contributed by atoms with van der Waals surface area (Å²) >= 11 is 0. The van der Waals surface area contributed by atoms with Crippen molar-refractivity contribution in [3.63, 3.8) is 0 Å². The van der Waals surface area contributed by atoms with E-state index in [1.165, 1.54) is 0 Å². The Hall–Kier alpha value is -3.72. The van der Waals surface area contributed by atoms with E-state index >= 15 is 0 Å². The Bertz CT molecular complexity index is 1040. The van der Waals surface area contributed by atoms with Crippen molar-refractivity contribution in [3.05, 3.63) is 59.8 Å². The molecule has 0 radical (unpaired) electrons. The number of aromatic amines is 1. The number of nitriles is 1. The third kappa shape index (κ3) is 2.79. The Morgan fingerprint density at radius 2 is 2.04 bits per heavy atom. The highest BCUT2D eigenvalue weighted by Gasteiger charge is 2.16. The summed E-state index contributed by atoms with van der Waals surface area (Å²) in [6.45, 7) is 0.163. The number of amides is 1. The average molecular weight is 331 g/mol. The molecule has 2 N–H and O–H groups in total. The number of para-hydroxylation sites is 1. The molecule has 0 spiro atoms. The van der Waals surface area contributed by atoms with E-state index in [0.717, 1.165) is 16.5 Å². The maximum absolute atomic E-state index is 12.4. The third-order valence-corrected chi connectivity index (χ3v) is 3.92. The molecule has 3 aromatic rings. The first kappa shape index (κ1) is 14.8. The summed E-state index contributed by atoms with van der Waals surface area (Å²) < 4.78 is 10.5. The molecule has 0 unspecified atom stereocenters. The van der Waals surface area contributed by atoms with Gasteiger partial charge in [0.1, 0.15) is 11.6 Å². The van der Waals surface area contributed by atoms with Gasteiger partial charge >= 0.3 is 0 Å². The number of ether oxygens (including phenoxy) is 2. The zero-order valence-corrected chi connectivity index (χ0v) is 13.1. The Labute approximate surface area is 143 Å². The number of hydrogen-bond acceptors (Lipinski definition) is 4. The van der Waals surface area contributed by atoms with E-state index in [2.05, 4.69) is 10.3 Å². The van der Waals surface area contributed by atoms with Crippen molar-refractivity contribution in [3.8, 4) is 17.6 Å². The van der Waals surface area contributed by atoms with Crippen LogP contribution in [0.3, 0.4) is 0 Å². The van der Waals surface area contributed by atoms with Crippen LogP contribution in [0.15, 0.2) is 54.2 Å². The van der Waals surface area contributed by atoms with Crippen molar-refractivity contribution in [1.82, 2.24) is 4.98 Å². The summed E-state index contributed by atoms with van der Waals surface area (Å²) in [4.78, 5) is 15.5. The minimum absolute atomic E-state index is 0.0161. The minimum Gasteiger partial charge on any atom is -0.454 e. The molecule has 1 aromatic heterocycles. The quantitative estimate of drug-likeness (QED) is 0.568. The zero-order chi connectivity index (χ0) is 17.2. The maximum Gasteiger partial charge on any atom is 0.266 e. The number of carbonyl (C=O) groups excluding carboxylic acids is 1. The van der Waals surface area contributed by atoms with Crippen molar-refractivity contribution >= 4 is 28.6 Å². The van der Waals surface area contributed by atoms with Gasteiger partial charge < -0.3 is 19.8 Å². The topological polar surface area (TPSA) is 87.1 Å². The van der Waals surface area contributed by atoms with Gasteiger partial charge in [0.05, 0.1) is 0 Å². The summed E-state index contributed by atoms with van der Waals surface area (Å²) in [5.41, 5.74) is 2.28. The van der Waals surface area contributed by atoms with Gasteiger partial charge in [0.15, 0.2) is 11.5 Å². The highest BCUT2D eigenvalue weighted by Crippen LogP contribution is 2.34. The van der Waals surface area contributed by atoms with Gasteiger partial charge in [-0.05, 0) is 24.3 Å². The van der Waals surface area contributed by atoms with Crippen LogP contribution in [0.25, 0.3) is 17.0 Å². The van der Waals surface area contributed by atoms with Crippen LogP contribution >= 0.6 is 0 Å². The molecule has 6 nitrogen and oxygen atoms in total. The molecule has 0 fully saturated rings. The fourth-order valence-corrected chi connectivity index (χ4v) is 2.69. The summed E-state index contributed by atoms with van der Waals surface area (Å²) in [7, 11) is 0. The van der Waals surface area contributed by atoms with Crippen LogP contribution in [0.4, 0.5) is 5.69 Å². The smallest absolute Gasteiger partial charge is 0.266 e. The highest BCUT2D eigenvalue weighted by molar-refractivity contribution is 6.10. The molecule has 6 heteroatoms. The molecule has 2 aromatic carbocycles. The van der Waals surface area contributed by atoms with Crippen LogP contribution in [0, 0.1) is 11.3 Å². The SMILES string of the molecule is N#CC(=Cc1c[nH]c2ccccc12)C(=O)Nc1ccc2c(c1)OCO2. The molecule has 1 amide bonds. The number of H-pyrrole nitrogens is 1. The highest BCUT2D eigenvalue weighted by atomic mass is 16.7. The number of aromatic nitrogens is 1. The van der Waals surface area contributed by atoms with E-state index in [0.29, 0.717) is 17.2 Å². The fourth-order valence-electron chi connectivity index (χ4n) is 2.69. The van der Waals surface area contributed by atoms with Crippen LogP contribution in [0.2, 0.25) is 0 Å². The lowest BCUT2D eigenvalue weighted by Gasteiger charge is -2.05. The molecule has 122 valence electrons. The second-order valence-electron chi connectivity index (χ2n) is 5.48. The van der Waals surface area contributed by atoms with Gasteiger partial charge in [0, 0.05) is 34.4 Å². The molecule has 25 heavy (non-hydrogen) atoms. The molecule has 0 saturated heterocycles. The van der Waals surface area contributed by atoms with Crippen LogP contribution in [0.5, 0.6) is 11.5 Å². The summed E-state index contributed by atoms with van der Waals surface area (Å²) in [5, 5.41) is 13.0. The van der Waals surface area contributed by atoms with E-state index in [9.17, 15) is 10.1 Å². The van der Waals surface area contributed by atoms with Gasteiger partial charge in [-0.2, -0.15) is 5.26 Å². The van der Waals surface area contributed by atoms with Gasteiger partial charge in [-0.3, -0.25) is 4.79 Å². The molecule has 1 aliphatic heterocycles. The number of nitrogens with zero attached hydrogens (tertiary/aromatic N) is 1. The number of anilines is 1. The van der Waals surface area contributed by atoms with Gasteiger partial charge in [0.25, 0.3) is 5.91 Å². The Morgan fingerprint density at radius 1 is 1.20 bits per heavy atom. The number of nitrogens with one attached hydrogen (secondary N) is 2. The van der Waals surface area contributed by atoms with E-state index in [1.54, 1.807) is 30.5 Å². The zero-order valence-electron chi connectivity index (χ0n) is 13.1. The first-order valence-electron chi connectivity index (χ1n) is 7.63. The predicted octanol–water partition coefficient (Wildman–Crippen LogP) is 3.44. The lowest BCUT2D eigenvalue weighted by molar-refractivity contribution is -0.112. The Morgan fingerprint density at radius 3 is 2.92 bits per heavy atom. The standard InChI is InChI=1S/C19H13N3O3/c20-9-12(7-13-10-21-16-4-2-1-3-15(13)16)19(23)22-14-5-6-17-18(8-14)25-11-24-17/h1-8,10,21H,11H2,(H,22,23). The molecular weight excluding hydrogens is 318 g/mol. The number of hydrogen-bond donors (Lipinski definition) is 2. The summed E-state index contributed by atoms with van der Waals surface area (Å²) in [6.07, 6.45) is 3.34. The molecule has 0 bridgehead atoms. The predicted molar refractivity (Wildman–Crippen MR) is 93.1 cm³/mol. The van der Waals surface area contributed by atoms with Crippen LogP contribution in [-0.2, 0) is 4.79 Å². The van der Waals surface area contributed by atoms with Gasteiger partial charge in [-0.25, -0.2) is 0 Å². The molecule has 0 atom stereocenters. The van der Waals surface area contributed by atoms with Crippen LogP contribution in [0.1, 0.15) is 5.56 Å². The number of fused-ring (bicyclic) bond motifs is 2. The largest absolute Gasteiger partial charge is 0.454 e. The van der Waals surface area contributed by atoms with E-state index in [1.807, 2.05) is 30.3 Å². The van der Waals surface area contributed by atoms with Crippen molar-refractivity contribution in [2.24, 2.45) is 0 Å². The summed E-state index contributed by atoms with van der Waals surface area (Å²) in [5.74, 6) is 0.719. The van der Waals surface area contributed by atoms with Gasteiger partial charge in [-0.1, -0.05) is 18.2 Å². The fraction of sp³-hybridized carbons (Fsp3) is 0.0526. The lowest BCUT2D eigenvalue weighted by Crippen LogP contribution is -2.13. The maximum atomic E-state index is 12.4. The first-order chi connectivity index (χ1) is 12.2. The first-order valence-corrected chi connectivity index (χ1v) is 7.63.